The normalized spacial score (nSPS) is 10.1. The number of carboxylic acids is 1. The number of benzene rings is 2. The molecular weight excluding hydrogens is 369 g/mol. The summed E-state index contributed by atoms with van der Waals surface area (Å²) in [5, 5.41) is 33.3. The number of nitro benzene ring substituents is 2. The SMILES string of the molecule is CC(=O)Oc1cc(Nc2ccc([N+](=O)[O-])cc2[N+](=O)[O-])c(F)cc1C(=O)O. The van der Waals surface area contributed by atoms with E-state index in [0.717, 1.165) is 25.1 Å². The van der Waals surface area contributed by atoms with E-state index in [1.165, 1.54) is 0 Å². The Bertz CT molecular complexity index is 976. The van der Waals surface area contributed by atoms with Gasteiger partial charge in [-0.1, -0.05) is 0 Å². The number of nitrogens with one attached hydrogen (secondary N) is 1. The summed E-state index contributed by atoms with van der Waals surface area (Å²) in [7, 11) is 0. The number of carboxylic acid groups (broad SMARTS) is 1. The van der Waals surface area contributed by atoms with E-state index in [1.54, 1.807) is 0 Å². The second-order valence-corrected chi connectivity index (χ2v) is 5.07. The molecule has 0 spiro atoms. The van der Waals surface area contributed by atoms with Crippen LogP contribution in [0.15, 0.2) is 30.3 Å². The molecule has 0 aliphatic heterocycles. The zero-order valence-electron chi connectivity index (χ0n) is 13.5. The van der Waals surface area contributed by atoms with Crippen molar-refractivity contribution in [2.45, 2.75) is 6.92 Å². The molecule has 0 bridgehead atoms. The standard InChI is InChI=1S/C15H10FN3O8/c1-7(20)27-14-6-12(10(16)5-9(14)15(21)22)17-11-3-2-8(18(23)24)4-13(11)19(25)26/h2-6,17H,1H3,(H,21,22). The van der Waals surface area contributed by atoms with Crippen LogP contribution < -0.4 is 10.1 Å². The summed E-state index contributed by atoms with van der Waals surface area (Å²) >= 11 is 0. The van der Waals surface area contributed by atoms with Crippen molar-refractivity contribution in [2.24, 2.45) is 0 Å². The summed E-state index contributed by atoms with van der Waals surface area (Å²) in [6, 6.07) is 4.04. The molecule has 2 rings (SSSR count). The lowest BCUT2D eigenvalue weighted by molar-refractivity contribution is -0.393. The molecule has 11 nitrogen and oxygen atoms in total. The van der Waals surface area contributed by atoms with Gasteiger partial charge < -0.3 is 15.2 Å². The van der Waals surface area contributed by atoms with Gasteiger partial charge in [-0.2, -0.15) is 0 Å². The quantitative estimate of drug-likeness (QED) is 0.332. The molecule has 12 heteroatoms. The molecule has 0 fully saturated rings. The highest BCUT2D eigenvalue weighted by molar-refractivity contribution is 5.93. The van der Waals surface area contributed by atoms with Gasteiger partial charge in [0.15, 0.2) is 0 Å². The van der Waals surface area contributed by atoms with Crippen molar-refractivity contribution >= 4 is 34.7 Å². The van der Waals surface area contributed by atoms with Crippen LogP contribution in [-0.2, 0) is 4.79 Å². The number of non-ortho nitro benzene ring substituents is 1. The van der Waals surface area contributed by atoms with Gasteiger partial charge in [0.05, 0.1) is 21.6 Å². The van der Waals surface area contributed by atoms with Crippen LogP contribution in [0.3, 0.4) is 0 Å². The van der Waals surface area contributed by atoms with Crippen molar-refractivity contribution in [3.63, 3.8) is 0 Å². The largest absolute Gasteiger partial charge is 0.478 e. The van der Waals surface area contributed by atoms with Crippen LogP contribution >= 0.6 is 0 Å². The molecule has 0 aromatic heterocycles. The average molecular weight is 379 g/mol. The van der Waals surface area contributed by atoms with Crippen molar-refractivity contribution in [2.75, 3.05) is 5.32 Å². The van der Waals surface area contributed by atoms with Crippen LogP contribution in [0, 0.1) is 26.0 Å². The highest BCUT2D eigenvalue weighted by atomic mass is 19.1. The molecule has 0 heterocycles. The lowest BCUT2D eigenvalue weighted by Crippen LogP contribution is -2.09. The van der Waals surface area contributed by atoms with Gasteiger partial charge in [0, 0.05) is 19.1 Å². The minimum atomic E-state index is -1.56. The van der Waals surface area contributed by atoms with Crippen LogP contribution in [0.5, 0.6) is 5.75 Å². The molecule has 2 N–H and O–H groups in total. The summed E-state index contributed by atoms with van der Waals surface area (Å²) in [5.41, 5.74) is -2.62. The summed E-state index contributed by atoms with van der Waals surface area (Å²) in [4.78, 5) is 42.4. The maximum atomic E-state index is 14.2. The average Bonchev–Trinajstić information content (AvgIpc) is 2.56. The third-order valence-corrected chi connectivity index (χ3v) is 3.21. The second kappa shape index (κ2) is 7.43. The first-order chi connectivity index (χ1) is 12.6. The number of ether oxygens (including phenoxy) is 1. The van der Waals surface area contributed by atoms with Gasteiger partial charge in [-0.25, -0.2) is 9.18 Å². The summed E-state index contributed by atoms with van der Waals surface area (Å²) < 4.78 is 18.9. The molecule has 27 heavy (non-hydrogen) atoms. The van der Waals surface area contributed by atoms with Crippen molar-refractivity contribution in [1.29, 1.82) is 0 Å². The number of halogens is 1. The maximum Gasteiger partial charge on any atom is 0.339 e. The van der Waals surface area contributed by atoms with Gasteiger partial charge >= 0.3 is 11.9 Å². The van der Waals surface area contributed by atoms with Gasteiger partial charge in [-0.15, -0.1) is 0 Å². The Balaban J connectivity index is 2.54. The van der Waals surface area contributed by atoms with Gasteiger partial charge in [0.2, 0.25) is 0 Å². The van der Waals surface area contributed by atoms with Crippen LogP contribution in [0.25, 0.3) is 0 Å². The number of carbonyl (C=O) groups is 2. The molecule has 0 aliphatic carbocycles. The highest BCUT2D eigenvalue weighted by Gasteiger charge is 2.22. The third kappa shape index (κ3) is 4.31. The third-order valence-electron chi connectivity index (χ3n) is 3.21. The lowest BCUT2D eigenvalue weighted by atomic mass is 10.1. The predicted molar refractivity (Wildman–Crippen MR) is 87.7 cm³/mol. The van der Waals surface area contributed by atoms with E-state index in [9.17, 15) is 34.2 Å². The van der Waals surface area contributed by atoms with E-state index in [0.29, 0.717) is 12.1 Å². The number of rotatable bonds is 6. The number of hydrogen-bond donors (Lipinski definition) is 2. The van der Waals surface area contributed by atoms with Gasteiger partial charge in [0.1, 0.15) is 22.8 Å². The molecule has 2 aromatic rings. The monoisotopic (exact) mass is 379 g/mol. The number of carbonyl (C=O) groups excluding carboxylic acids is 1. The number of nitro groups is 2. The first-order valence-electron chi connectivity index (χ1n) is 7.05. The van der Waals surface area contributed by atoms with E-state index >= 15 is 0 Å². The van der Waals surface area contributed by atoms with Crippen LogP contribution in [0.2, 0.25) is 0 Å². The fraction of sp³-hybridized carbons (Fsp3) is 0.0667. The summed E-state index contributed by atoms with van der Waals surface area (Å²) in [6.45, 7) is 1.00. The van der Waals surface area contributed by atoms with E-state index in [1.807, 2.05) is 0 Å². The van der Waals surface area contributed by atoms with E-state index in [4.69, 9.17) is 9.84 Å². The Morgan fingerprint density at radius 2 is 1.78 bits per heavy atom. The summed E-state index contributed by atoms with van der Waals surface area (Å²) in [5.74, 6) is -4.01. The van der Waals surface area contributed by atoms with Gasteiger partial charge in [-0.05, 0) is 12.1 Å². The van der Waals surface area contributed by atoms with E-state index < -0.39 is 56.0 Å². The number of esters is 1. The molecule has 0 amide bonds. The van der Waals surface area contributed by atoms with Gasteiger partial charge in [-0.3, -0.25) is 25.0 Å². The van der Waals surface area contributed by atoms with Crippen LogP contribution in [0.4, 0.5) is 27.1 Å². The fourth-order valence-corrected chi connectivity index (χ4v) is 2.09. The van der Waals surface area contributed by atoms with E-state index in [-0.39, 0.29) is 5.69 Å². The van der Waals surface area contributed by atoms with Crippen molar-refractivity contribution in [1.82, 2.24) is 0 Å². The van der Waals surface area contributed by atoms with Crippen LogP contribution in [-0.4, -0.2) is 26.9 Å². The highest BCUT2D eigenvalue weighted by Crippen LogP contribution is 2.34. The Hall–Kier alpha value is -4.09. The molecule has 2 aromatic carbocycles. The van der Waals surface area contributed by atoms with Crippen LogP contribution in [0.1, 0.15) is 17.3 Å². The van der Waals surface area contributed by atoms with Gasteiger partial charge in [0.25, 0.3) is 11.4 Å². The number of anilines is 2. The van der Waals surface area contributed by atoms with Crippen molar-refractivity contribution < 1.29 is 33.7 Å². The second-order valence-electron chi connectivity index (χ2n) is 5.07. The van der Waals surface area contributed by atoms with Crippen molar-refractivity contribution in [3.8, 4) is 5.75 Å². The Labute approximate surface area is 149 Å². The molecule has 0 aliphatic rings. The Morgan fingerprint density at radius 3 is 2.30 bits per heavy atom. The molecule has 0 saturated heterocycles. The fourth-order valence-electron chi connectivity index (χ4n) is 2.09. The number of hydrogen-bond acceptors (Lipinski definition) is 8. The zero-order chi connectivity index (χ0) is 20.3. The number of nitrogens with zero attached hydrogens (tertiary/aromatic N) is 2. The maximum absolute atomic E-state index is 14.2. The molecule has 0 radical (unpaired) electrons. The summed E-state index contributed by atoms with van der Waals surface area (Å²) in [6.07, 6.45) is 0. The lowest BCUT2D eigenvalue weighted by Gasteiger charge is -2.12. The smallest absolute Gasteiger partial charge is 0.339 e. The zero-order valence-corrected chi connectivity index (χ0v) is 13.5. The Morgan fingerprint density at radius 1 is 1.11 bits per heavy atom. The molecule has 0 unspecified atom stereocenters. The van der Waals surface area contributed by atoms with Crippen molar-refractivity contribution in [3.05, 3.63) is 61.9 Å². The first kappa shape index (κ1) is 19.2. The Kier molecular flexibility index (Phi) is 5.29. The molecule has 0 atom stereocenters. The van der Waals surface area contributed by atoms with E-state index in [2.05, 4.69) is 5.32 Å². The first-order valence-corrected chi connectivity index (χ1v) is 7.05. The minimum Gasteiger partial charge on any atom is -0.478 e. The number of aromatic carboxylic acids is 1. The molecule has 0 saturated carbocycles. The molecular formula is C15H10FN3O8. The minimum absolute atomic E-state index is 0.290. The topological polar surface area (TPSA) is 162 Å². The predicted octanol–water partition coefficient (Wildman–Crippen LogP) is 3.01. The molecule has 140 valence electrons.